The number of nitrogens with two attached hydrogens (primary N) is 1. The molecule has 2 aromatic carbocycles. The maximum atomic E-state index is 12.4. The lowest BCUT2D eigenvalue weighted by Gasteiger charge is -2.31. The van der Waals surface area contributed by atoms with E-state index < -0.39 is 23.8 Å². The molecule has 1 unspecified atom stereocenters. The Hall–Kier alpha value is -3.88. The lowest BCUT2D eigenvalue weighted by Crippen LogP contribution is -2.40. The molecule has 0 radical (unpaired) electrons. The highest BCUT2D eigenvalue weighted by Crippen LogP contribution is 2.41. The smallest absolute Gasteiger partial charge is 0.319 e. The molecule has 27 heavy (non-hydrogen) atoms. The zero-order valence-electron chi connectivity index (χ0n) is 14.1. The van der Waals surface area contributed by atoms with Gasteiger partial charge in [-0.1, -0.05) is 30.3 Å². The molecule has 2 rings (SSSR count). The topological polar surface area (TPSA) is 166 Å². The van der Waals surface area contributed by atoms with E-state index in [-0.39, 0.29) is 22.8 Å². The van der Waals surface area contributed by atoms with Crippen molar-refractivity contribution in [3.05, 3.63) is 59.7 Å². The van der Waals surface area contributed by atoms with Crippen LogP contribution in [-0.2, 0) is 19.8 Å². The Morgan fingerprint density at radius 1 is 1.15 bits per heavy atom. The number of hydrogen-bond donors (Lipinski definition) is 6. The number of carboxylic acids is 2. The molecule has 0 aliphatic heterocycles. The molecule has 1 amide bonds. The summed E-state index contributed by atoms with van der Waals surface area (Å²) in [4.78, 5) is 34.9. The number of nitrogens with one attached hydrogen (secondary N) is 3. The number of amides is 1. The fraction of sp³-hybridized carbons (Fsp3) is 0.111. The van der Waals surface area contributed by atoms with Crippen molar-refractivity contribution >= 4 is 35.7 Å². The highest BCUT2D eigenvalue weighted by molar-refractivity contribution is 5.95. The van der Waals surface area contributed by atoms with Crippen LogP contribution in [-0.4, -0.2) is 34.5 Å². The second-order valence-corrected chi connectivity index (χ2v) is 5.71. The lowest BCUT2D eigenvalue weighted by atomic mass is 9.71. The summed E-state index contributed by atoms with van der Waals surface area (Å²) >= 11 is 0. The maximum Gasteiger partial charge on any atom is 0.319 e. The van der Waals surface area contributed by atoms with Crippen LogP contribution in [0.5, 0.6) is 0 Å². The largest absolute Gasteiger partial charge is 0.481 e. The Labute approximate surface area is 154 Å². The molecule has 7 N–H and O–H groups in total. The van der Waals surface area contributed by atoms with Crippen molar-refractivity contribution in [2.45, 2.75) is 11.8 Å². The van der Waals surface area contributed by atoms with E-state index in [4.69, 9.17) is 11.1 Å². The Balaban J connectivity index is 2.79. The summed E-state index contributed by atoms with van der Waals surface area (Å²) in [5.41, 5.74) is 4.12. The standard InChI is InChI=1S/C18H18N4O5/c19-17(20)22-12-5-3-4-11(8-12)18(16(26)27,9-15(24)25)13-6-1-2-7-14(13)21-10-23/h1-8,10H,9H2,(H,21,23)(H,24,25)(H,26,27)(H4,19,20,22). The Morgan fingerprint density at radius 2 is 1.85 bits per heavy atom. The fourth-order valence-corrected chi connectivity index (χ4v) is 2.96. The van der Waals surface area contributed by atoms with Crippen molar-refractivity contribution in [1.29, 1.82) is 5.41 Å². The average Bonchev–Trinajstić information content (AvgIpc) is 2.60. The van der Waals surface area contributed by atoms with Gasteiger partial charge in [0.05, 0.1) is 6.42 Å². The monoisotopic (exact) mass is 370 g/mol. The third-order valence-electron chi connectivity index (χ3n) is 4.02. The molecule has 0 aliphatic rings. The van der Waals surface area contributed by atoms with Gasteiger partial charge in [0.25, 0.3) is 0 Å². The van der Waals surface area contributed by atoms with Gasteiger partial charge in [0.15, 0.2) is 5.96 Å². The van der Waals surface area contributed by atoms with Crippen LogP contribution in [0.25, 0.3) is 0 Å². The average molecular weight is 370 g/mol. The molecule has 9 heteroatoms. The second-order valence-electron chi connectivity index (χ2n) is 5.71. The van der Waals surface area contributed by atoms with Gasteiger partial charge in [-0.2, -0.15) is 0 Å². The number of carbonyl (C=O) groups excluding carboxylic acids is 1. The maximum absolute atomic E-state index is 12.4. The number of benzene rings is 2. The van der Waals surface area contributed by atoms with E-state index in [1.54, 1.807) is 18.2 Å². The number of anilines is 2. The van der Waals surface area contributed by atoms with Crippen molar-refractivity contribution < 1.29 is 24.6 Å². The van der Waals surface area contributed by atoms with Gasteiger partial charge < -0.3 is 26.6 Å². The van der Waals surface area contributed by atoms with E-state index in [1.807, 2.05) is 0 Å². The third kappa shape index (κ3) is 4.03. The summed E-state index contributed by atoms with van der Waals surface area (Å²) in [6, 6.07) is 12.1. The molecule has 1 atom stereocenters. The van der Waals surface area contributed by atoms with E-state index in [0.717, 1.165) is 0 Å². The molecular weight excluding hydrogens is 352 g/mol. The van der Waals surface area contributed by atoms with E-state index >= 15 is 0 Å². The second kappa shape index (κ2) is 8.00. The third-order valence-corrected chi connectivity index (χ3v) is 4.02. The summed E-state index contributed by atoms with van der Waals surface area (Å²) < 4.78 is 0. The van der Waals surface area contributed by atoms with Crippen molar-refractivity contribution in [3.8, 4) is 0 Å². The summed E-state index contributed by atoms with van der Waals surface area (Å²) in [5, 5.41) is 31.8. The fourth-order valence-electron chi connectivity index (χ4n) is 2.96. The number of aliphatic carboxylic acids is 2. The van der Waals surface area contributed by atoms with Gasteiger partial charge >= 0.3 is 11.9 Å². The SMILES string of the molecule is N=C(N)Nc1cccc(C(CC(=O)O)(C(=O)O)c2ccccc2NC=O)c1. The lowest BCUT2D eigenvalue weighted by molar-refractivity contribution is -0.148. The zero-order valence-corrected chi connectivity index (χ0v) is 14.1. The number of carbonyl (C=O) groups is 3. The molecule has 0 saturated carbocycles. The van der Waals surface area contributed by atoms with Crippen molar-refractivity contribution in [2.75, 3.05) is 10.6 Å². The van der Waals surface area contributed by atoms with Gasteiger partial charge in [0, 0.05) is 11.4 Å². The van der Waals surface area contributed by atoms with Crippen LogP contribution in [0.4, 0.5) is 11.4 Å². The number of carboxylic acid groups (broad SMARTS) is 2. The van der Waals surface area contributed by atoms with Gasteiger partial charge in [-0.25, -0.2) is 0 Å². The zero-order chi connectivity index (χ0) is 20.0. The molecule has 0 spiro atoms. The van der Waals surface area contributed by atoms with Crippen LogP contribution < -0.4 is 16.4 Å². The van der Waals surface area contributed by atoms with E-state index in [1.165, 1.54) is 30.3 Å². The van der Waals surface area contributed by atoms with Gasteiger partial charge in [-0.3, -0.25) is 19.8 Å². The first-order valence-electron chi connectivity index (χ1n) is 7.77. The van der Waals surface area contributed by atoms with E-state index in [0.29, 0.717) is 12.1 Å². The van der Waals surface area contributed by atoms with Gasteiger partial charge in [0.1, 0.15) is 5.41 Å². The minimum absolute atomic E-state index is 0.118. The number of hydrogen-bond acceptors (Lipinski definition) is 4. The molecule has 2 aromatic rings. The first-order valence-corrected chi connectivity index (χ1v) is 7.77. The molecular formula is C18H18N4O5. The van der Waals surface area contributed by atoms with Crippen LogP contribution >= 0.6 is 0 Å². The summed E-state index contributed by atoms with van der Waals surface area (Å²) in [6.07, 6.45) is -0.372. The van der Waals surface area contributed by atoms with Crippen LogP contribution in [0.2, 0.25) is 0 Å². The molecule has 0 bridgehead atoms. The predicted octanol–water partition coefficient (Wildman–Crippen LogP) is 1.41. The molecule has 0 saturated heterocycles. The Kier molecular flexibility index (Phi) is 5.76. The number of guanidine groups is 1. The Bertz CT molecular complexity index is 899. The van der Waals surface area contributed by atoms with Gasteiger partial charge in [-0.05, 0) is 29.3 Å². The summed E-state index contributed by atoms with van der Waals surface area (Å²) in [7, 11) is 0. The van der Waals surface area contributed by atoms with E-state index in [9.17, 15) is 24.6 Å². The van der Waals surface area contributed by atoms with Gasteiger partial charge in [-0.15, -0.1) is 0 Å². The first-order chi connectivity index (χ1) is 12.8. The van der Waals surface area contributed by atoms with Crippen LogP contribution in [0, 0.1) is 5.41 Å². The summed E-state index contributed by atoms with van der Waals surface area (Å²) in [5.74, 6) is -3.08. The number of rotatable bonds is 8. The van der Waals surface area contributed by atoms with Crippen molar-refractivity contribution in [3.63, 3.8) is 0 Å². The molecule has 0 aliphatic carbocycles. The minimum Gasteiger partial charge on any atom is -0.481 e. The molecule has 0 heterocycles. The molecule has 9 nitrogen and oxygen atoms in total. The highest BCUT2D eigenvalue weighted by Gasteiger charge is 2.46. The van der Waals surface area contributed by atoms with Crippen molar-refractivity contribution in [1.82, 2.24) is 0 Å². The summed E-state index contributed by atoms with van der Waals surface area (Å²) in [6.45, 7) is 0. The van der Waals surface area contributed by atoms with Crippen LogP contribution in [0.1, 0.15) is 17.5 Å². The van der Waals surface area contributed by atoms with Crippen LogP contribution in [0.15, 0.2) is 48.5 Å². The molecule has 140 valence electrons. The van der Waals surface area contributed by atoms with Crippen LogP contribution in [0.3, 0.4) is 0 Å². The van der Waals surface area contributed by atoms with Crippen molar-refractivity contribution in [2.24, 2.45) is 5.73 Å². The number of para-hydroxylation sites is 1. The predicted molar refractivity (Wildman–Crippen MR) is 98.8 cm³/mol. The first kappa shape index (κ1) is 19.4. The highest BCUT2D eigenvalue weighted by atomic mass is 16.4. The quantitative estimate of drug-likeness (QED) is 0.232. The Morgan fingerprint density at radius 3 is 2.44 bits per heavy atom. The molecule has 0 aromatic heterocycles. The van der Waals surface area contributed by atoms with E-state index in [2.05, 4.69) is 10.6 Å². The normalized spacial score (nSPS) is 12.4. The minimum atomic E-state index is -1.98. The molecule has 0 fully saturated rings. The van der Waals surface area contributed by atoms with Gasteiger partial charge in [0.2, 0.25) is 6.41 Å².